The molecular formula is C15H20F3NO. The van der Waals surface area contributed by atoms with Crippen molar-refractivity contribution >= 4 is 0 Å². The molecular weight excluding hydrogens is 267 g/mol. The summed E-state index contributed by atoms with van der Waals surface area (Å²) in [5.41, 5.74) is 5.15. The van der Waals surface area contributed by atoms with E-state index >= 15 is 0 Å². The molecule has 5 heteroatoms. The molecule has 2 rings (SSSR count). The Morgan fingerprint density at radius 3 is 2.30 bits per heavy atom. The van der Waals surface area contributed by atoms with Gasteiger partial charge in [-0.25, -0.2) is 0 Å². The molecule has 0 unspecified atom stereocenters. The van der Waals surface area contributed by atoms with Gasteiger partial charge in [-0.2, -0.15) is 13.2 Å². The highest BCUT2D eigenvalue weighted by molar-refractivity contribution is 5.33. The Balaban J connectivity index is 2.22. The van der Waals surface area contributed by atoms with Gasteiger partial charge in [-0.15, -0.1) is 0 Å². The molecule has 1 aromatic carbocycles. The van der Waals surface area contributed by atoms with Gasteiger partial charge in [0.25, 0.3) is 0 Å². The van der Waals surface area contributed by atoms with Crippen LogP contribution in [-0.4, -0.2) is 11.2 Å². The molecule has 1 aliphatic carbocycles. The number of hydrogen-bond acceptors (Lipinski definition) is 2. The molecule has 0 saturated heterocycles. The standard InChI is InChI=1S/C15H20F3NO/c16-15(17,18)12-9-5-4-8-11(12)13(19)14(20)10-6-2-1-3-7-10/h4-5,8-10,13-14,20H,1-3,6-7,19H2/t13-,14+/m1/s1. The van der Waals surface area contributed by atoms with Crippen LogP contribution >= 0.6 is 0 Å². The lowest BCUT2D eigenvalue weighted by atomic mass is 9.80. The Bertz CT molecular complexity index is 441. The third kappa shape index (κ3) is 3.33. The lowest BCUT2D eigenvalue weighted by Gasteiger charge is -2.31. The van der Waals surface area contributed by atoms with Crippen LogP contribution < -0.4 is 5.73 Å². The fourth-order valence-electron chi connectivity index (χ4n) is 3.00. The summed E-state index contributed by atoms with van der Waals surface area (Å²) in [5.74, 6) is 0.0000368. The monoisotopic (exact) mass is 287 g/mol. The van der Waals surface area contributed by atoms with Gasteiger partial charge in [0.2, 0.25) is 0 Å². The molecule has 0 aliphatic heterocycles. The van der Waals surface area contributed by atoms with Crippen LogP contribution in [0.4, 0.5) is 13.2 Å². The van der Waals surface area contributed by atoms with Crippen LogP contribution in [0.5, 0.6) is 0 Å². The van der Waals surface area contributed by atoms with Crippen LogP contribution in [0.2, 0.25) is 0 Å². The number of alkyl halides is 3. The number of aliphatic hydroxyl groups excluding tert-OH is 1. The summed E-state index contributed by atoms with van der Waals surface area (Å²) in [4.78, 5) is 0. The molecule has 0 aromatic heterocycles. The van der Waals surface area contributed by atoms with E-state index in [0.717, 1.165) is 38.2 Å². The van der Waals surface area contributed by atoms with Crippen molar-refractivity contribution in [2.45, 2.75) is 50.4 Å². The van der Waals surface area contributed by atoms with E-state index in [2.05, 4.69) is 0 Å². The summed E-state index contributed by atoms with van der Waals surface area (Å²) in [7, 11) is 0. The van der Waals surface area contributed by atoms with Crippen molar-refractivity contribution in [2.24, 2.45) is 11.7 Å². The number of aliphatic hydroxyl groups is 1. The second-order valence-corrected chi connectivity index (χ2v) is 5.50. The number of benzene rings is 1. The van der Waals surface area contributed by atoms with Crippen LogP contribution in [0.3, 0.4) is 0 Å². The van der Waals surface area contributed by atoms with E-state index in [0.29, 0.717) is 0 Å². The largest absolute Gasteiger partial charge is 0.416 e. The summed E-state index contributed by atoms with van der Waals surface area (Å²) < 4.78 is 38.9. The number of rotatable bonds is 3. The number of hydrogen-bond donors (Lipinski definition) is 2. The van der Waals surface area contributed by atoms with E-state index in [4.69, 9.17) is 5.73 Å². The molecule has 2 nitrogen and oxygen atoms in total. The highest BCUT2D eigenvalue weighted by Crippen LogP contribution is 2.37. The van der Waals surface area contributed by atoms with Crippen molar-refractivity contribution in [3.8, 4) is 0 Å². The lowest BCUT2D eigenvalue weighted by molar-refractivity contribution is -0.138. The van der Waals surface area contributed by atoms with Crippen LogP contribution in [0, 0.1) is 5.92 Å². The number of nitrogens with two attached hydrogens (primary N) is 1. The van der Waals surface area contributed by atoms with Crippen LogP contribution in [0.15, 0.2) is 24.3 Å². The van der Waals surface area contributed by atoms with E-state index in [9.17, 15) is 18.3 Å². The van der Waals surface area contributed by atoms with Gasteiger partial charge in [0.05, 0.1) is 17.7 Å². The van der Waals surface area contributed by atoms with E-state index in [1.165, 1.54) is 18.2 Å². The summed E-state index contributed by atoms with van der Waals surface area (Å²) in [6, 6.07) is 4.25. The predicted molar refractivity (Wildman–Crippen MR) is 71.0 cm³/mol. The fraction of sp³-hybridized carbons (Fsp3) is 0.600. The quantitative estimate of drug-likeness (QED) is 0.891. The first-order valence-electron chi connectivity index (χ1n) is 7.01. The molecule has 0 radical (unpaired) electrons. The molecule has 20 heavy (non-hydrogen) atoms. The second-order valence-electron chi connectivity index (χ2n) is 5.50. The average Bonchev–Trinajstić information content (AvgIpc) is 2.46. The van der Waals surface area contributed by atoms with Gasteiger partial charge < -0.3 is 10.8 Å². The third-order valence-electron chi connectivity index (χ3n) is 4.13. The van der Waals surface area contributed by atoms with Crippen LogP contribution in [-0.2, 0) is 6.18 Å². The van der Waals surface area contributed by atoms with Crippen molar-refractivity contribution in [1.82, 2.24) is 0 Å². The second kappa shape index (κ2) is 6.14. The zero-order valence-electron chi connectivity index (χ0n) is 11.2. The van der Waals surface area contributed by atoms with Gasteiger partial charge in [0.15, 0.2) is 0 Å². The fourth-order valence-corrected chi connectivity index (χ4v) is 3.00. The maximum absolute atomic E-state index is 13.0. The maximum Gasteiger partial charge on any atom is 0.416 e. The minimum absolute atomic E-state index is 0.0000368. The Kier molecular flexibility index (Phi) is 4.70. The van der Waals surface area contributed by atoms with Crippen LogP contribution in [0.25, 0.3) is 0 Å². The summed E-state index contributed by atoms with van der Waals surface area (Å²) >= 11 is 0. The van der Waals surface area contributed by atoms with Crippen molar-refractivity contribution in [3.63, 3.8) is 0 Å². The molecule has 1 fully saturated rings. The van der Waals surface area contributed by atoms with Gasteiger partial charge in [-0.1, -0.05) is 37.5 Å². The molecule has 0 bridgehead atoms. The van der Waals surface area contributed by atoms with Gasteiger partial charge >= 0.3 is 6.18 Å². The Labute approximate surface area is 116 Å². The predicted octanol–water partition coefficient (Wildman–Crippen LogP) is 3.65. The molecule has 0 amide bonds. The first-order valence-corrected chi connectivity index (χ1v) is 7.01. The summed E-state index contributed by atoms with van der Waals surface area (Å²) in [5, 5.41) is 10.3. The van der Waals surface area contributed by atoms with Gasteiger partial charge in [0.1, 0.15) is 0 Å². The van der Waals surface area contributed by atoms with Crippen molar-refractivity contribution in [1.29, 1.82) is 0 Å². The van der Waals surface area contributed by atoms with Crippen molar-refractivity contribution in [3.05, 3.63) is 35.4 Å². The Hall–Kier alpha value is -1.07. The molecule has 2 atom stereocenters. The van der Waals surface area contributed by atoms with Crippen molar-refractivity contribution < 1.29 is 18.3 Å². The summed E-state index contributed by atoms with van der Waals surface area (Å²) in [6.07, 6.45) is -0.548. The minimum Gasteiger partial charge on any atom is -0.391 e. The molecule has 3 N–H and O–H groups in total. The van der Waals surface area contributed by atoms with Gasteiger partial charge in [-0.3, -0.25) is 0 Å². The van der Waals surface area contributed by atoms with Gasteiger partial charge in [0, 0.05) is 0 Å². The molecule has 0 heterocycles. The Morgan fingerprint density at radius 2 is 1.70 bits per heavy atom. The van der Waals surface area contributed by atoms with E-state index in [-0.39, 0.29) is 11.5 Å². The first kappa shape index (κ1) is 15.3. The molecule has 0 spiro atoms. The third-order valence-corrected chi connectivity index (χ3v) is 4.13. The van der Waals surface area contributed by atoms with Crippen LogP contribution in [0.1, 0.15) is 49.3 Å². The zero-order valence-corrected chi connectivity index (χ0v) is 11.2. The highest BCUT2D eigenvalue weighted by Gasteiger charge is 2.37. The minimum atomic E-state index is -4.44. The zero-order chi connectivity index (χ0) is 14.8. The van der Waals surface area contributed by atoms with Crippen molar-refractivity contribution in [2.75, 3.05) is 0 Å². The first-order chi connectivity index (χ1) is 9.41. The van der Waals surface area contributed by atoms with E-state index in [1.54, 1.807) is 0 Å². The SMILES string of the molecule is N[C@H](c1ccccc1C(F)(F)F)[C@@H](O)C1CCCCC1. The summed E-state index contributed by atoms with van der Waals surface area (Å²) in [6.45, 7) is 0. The molecule has 1 aromatic rings. The number of halogens is 3. The highest BCUT2D eigenvalue weighted by atomic mass is 19.4. The maximum atomic E-state index is 13.0. The smallest absolute Gasteiger partial charge is 0.391 e. The average molecular weight is 287 g/mol. The molecule has 1 saturated carbocycles. The molecule has 112 valence electrons. The Morgan fingerprint density at radius 1 is 1.10 bits per heavy atom. The van der Waals surface area contributed by atoms with E-state index < -0.39 is 23.9 Å². The molecule has 1 aliphatic rings. The topological polar surface area (TPSA) is 46.2 Å². The normalized spacial score (nSPS) is 20.6. The van der Waals surface area contributed by atoms with E-state index in [1.807, 2.05) is 0 Å². The lowest BCUT2D eigenvalue weighted by Crippen LogP contribution is -2.35. The van der Waals surface area contributed by atoms with Gasteiger partial charge in [-0.05, 0) is 30.4 Å².